The fourth-order valence-corrected chi connectivity index (χ4v) is 5.03. The van der Waals surface area contributed by atoms with Gasteiger partial charge >= 0.3 is 5.97 Å². The Morgan fingerprint density at radius 1 is 1.03 bits per heavy atom. The molecule has 2 aromatic carbocycles. The van der Waals surface area contributed by atoms with Crippen LogP contribution in [0.2, 0.25) is 0 Å². The summed E-state index contributed by atoms with van der Waals surface area (Å²) in [6.07, 6.45) is 14.4. The van der Waals surface area contributed by atoms with Crippen molar-refractivity contribution in [3.63, 3.8) is 0 Å². The van der Waals surface area contributed by atoms with Gasteiger partial charge in [-0.2, -0.15) is 0 Å². The van der Waals surface area contributed by atoms with Crippen molar-refractivity contribution in [3.8, 4) is 23.5 Å². The van der Waals surface area contributed by atoms with Crippen LogP contribution < -0.4 is 0 Å². The number of hydrogen-bond acceptors (Lipinski definition) is 1. The normalized spacial score (nSPS) is 18.1. The Morgan fingerprint density at radius 3 is 2.48 bits per heavy atom. The summed E-state index contributed by atoms with van der Waals surface area (Å²) < 4.78 is 0. The Labute approximate surface area is 173 Å². The van der Waals surface area contributed by atoms with Crippen LogP contribution in [0.25, 0.3) is 16.7 Å². The van der Waals surface area contributed by atoms with Gasteiger partial charge in [-0.3, -0.25) is 0 Å². The number of allylic oxidation sites excluding steroid dienone is 2. The SMILES string of the molecule is C#Cc1c(C(=O)O)cccc1-c1ccc2c(c1)C(=C1CCCCC1)CCC2(C)C. The number of carboxylic acids is 1. The fraction of sp³-hybridized carbons (Fsp3) is 0.370. The van der Waals surface area contributed by atoms with Gasteiger partial charge < -0.3 is 5.11 Å². The minimum absolute atomic E-state index is 0.143. The molecule has 2 aliphatic rings. The van der Waals surface area contributed by atoms with E-state index >= 15 is 0 Å². The van der Waals surface area contributed by atoms with Gasteiger partial charge in [0.2, 0.25) is 0 Å². The van der Waals surface area contributed by atoms with Gasteiger partial charge in [0.25, 0.3) is 0 Å². The molecule has 1 fully saturated rings. The molecule has 2 nitrogen and oxygen atoms in total. The summed E-state index contributed by atoms with van der Waals surface area (Å²) in [5, 5.41) is 9.54. The van der Waals surface area contributed by atoms with Crippen LogP contribution in [0.5, 0.6) is 0 Å². The molecule has 0 aliphatic heterocycles. The van der Waals surface area contributed by atoms with Crippen LogP contribution in [-0.4, -0.2) is 11.1 Å². The van der Waals surface area contributed by atoms with Crippen molar-refractivity contribution in [2.45, 2.75) is 64.2 Å². The van der Waals surface area contributed by atoms with Crippen LogP contribution >= 0.6 is 0 Å². The molecule has 0 aromatic heterocycles. The van der Waals surface area contributed by atoms with E-state index in [2.05, 4.69) is 38.0 Å². The highest BCUT2D eigenvalue weighted by Gasteiger charge is 2.31. The molecule has 0 spiro atoms. The highest BCUT2D eigenvalue weighted by Crippen LogP contribution is 2.46. The lowest BCUT2D eigenvalue weighted by Gasteiger charge is -2.36. The number of aromatic carboxylic acids is 1. The summed E-state index contributed by atoms with van der Waals surface area (Å²) >= 11 is 0. The van der Waals surface area contributed by atoms with Crippen molar-refractivity contribution < 1.29 is 9.90 Å². The summed E-state index contributed by atoms with van der Waals surface area (Å²) in [4.78, 5) is 11.6. The maximum absolute atomic E-state index is 11.6. The molecule has 0 unspecified atom stereocenters. The van der Waals surface area contributed by atoms with Gasteiger partial charge in [0.05, 0.1) is 5.56 Å². The van der Waals surface area contributed by atoms with E-state index in [-0.39, 0.29) is 11.0 Å². The molecular formula is C27H28O2. The van der Waals surface area contributed by atoms with E-state index in [4.69, 9.17) is 6.42 Å². The van der Waals surface area contributed by atoms with Crippen LogP contribution in [0.3, 0.4) is 0 Å². The molecular weight excluding hydrogens is 356 g/mol. The van der Waals surface area contributed by atoms with Gasteiger partial charge in [-0.1, -0.05) is 56.0 Å². The zero-order valence-electron chi connectivity index (χ0n) is 17.3. The molecule has 1 saturated carbocycles. The van der Waals surface area contributed by atoms with Gasteiger partial charge in [0.15, 0.2) is 0 Å². The Bertz CT molecular complexity index is 1040. The lowest BCUT2D eigenvalue weighted by Crippen LogP contribution is -2.24. The number of fused-ring (bicyclic) bond motifs is 1. The lowest BCUT2D eigenvalue weighted by atomic mass is 9.68. The van der Waals surface area contributed by atoms with Crippen LogP contribution in [0.4, 0.5) is 0 Å². The number of benzene rings is 2. The Balaban J connectivity index is 1.91. The lowest BCUT2D eigenvalue weighted by molar-refractivity contribution is 0.0696. The van der Waals surface area contributed by atoms with E-state index in [1.807, 2.05) is 6.07 Å². The molecule has 2 aliphatic carbocycles. The van der Waals surface area contributed by atoms with Crippen molar-refractivity contribution in [1.29, 1.82) is 0 Å². The zero-order chi connectivity index (χ0) is 20.6. The van der Waals surface area contributed by atoms with Gasteiger partial charge in [0, 0.05) is 5.56 Å². The third kappa shape index (κ3) is 3.51. The smallest absolute Gasteiger partial charge is 0.336 e. The molecule has 0 amide bonds. The highest BCUT2D eigenvalue weighted by atomic mass is 16.4. The third-order valence-electron chi connectivity index (χ3n) is 6.71. The highest BCUT2D eigenvalue weighted by molar-refractivity contribution is 5.94. The van der Waals surface area contributed by atoms with E-state index in [1.54, 1.807) is 17.7 Å². The minimum Gasteiger partial charge on any atom is -0.478 e. The van der Waals surface area contributed by atoms with E-state index in [0.717, 1.165) is 17.5 Å². The zero-order valence-corrected chi connectivity index (χ0v) is 17.3. The quantitative estimate of drug-likeness (QED) is 0.577. The van der Waals surface area contributed by atoms with Gasteiger partial charge in [-0.25, -0.2) is 4.79 Å². The Morgan fingerprint density at radius 2 is 1.79 bits per heavy atom. The third-order valence-corrected chi connectivity index (χ3v) is 6.71. The standard InChI is InChI=1S/C27H28O2/c1-4-20-21(11-8-12-23(20)26(28)29)19-13-14-25-24(17-19)22(15-16-27(25,2)3)18-9-6-5-7-10-18/h1,8,11-14,17H,5-7,9-10,15-16H2,2-3H3,(H,28,29). The maximum Gasteiger partial charge on any atom is 0.336 e. The van der Waals surface area contributed by atoms with Crippen molar-refractivity contribution in [2.24, 2.45) is 0 Å². The molecule has 4 rings (SSSR count). The summed E-state index contributed by atoms with van der Waals surface area (Å²) in [7, 11) is 0. The summed E-state index contributed by atoms with van der Waals surface area (Å²) in [5.74, 6) is 1.64. The van der Waals surface area contributed by atoms with Crippen LogP contribution in [0.15, 0.2) is 42.0 Å². The molecule has 0 atom stereocenters. The maximum atomic E-state index is 11.6. The van der Waals surface area contributed by atoms with Crippen molar-refractivity contribution >= 4 is 11.5 Å². The first-order chi connectivity index (χ1) is 13.9. The first-order valence-corrected chi connectivity index (χ1v) is 10.6. The summed E-state index contributed by atoms with van der Waals surface area (Å²) in [6, 6.07) is 11.9. The predicted octanol–water partition coefficient (Wildman–Crippen LogP) is 6.82. The number of carbonyl (C=O) groups is 1. The van der Waals surface area contributed by atoms with Gasteiger partial charge in [-0.05, 0) is 83.9 Å². The van der Waals surface area contributed by atoms with Crippen LogP contribution in [0.1, 0.15) is 85.8 Å². The number of hydrogen-bond donors (Lipinski definition) is 1. The minimum atomic E-state index is -0.982. The molecule has 148 valence electrons. The topological polar surface area (TPSA) is 37.3 Å². The molecule has 29 heavy (non-hydrogen) atoms. The second-order valence-corrected chi connectivity index (χ2v) is 8.96. The number of rotatable bonds is 2. The molecule has 2 aromatic rings. The van der Waals surface area contributed by atoms with E-state index in [9.17, 15) is 9.90 Å². The average Bonchev–Trinajstić information content (AvgIpc) is 2.73. The number of terminal acetylenes is 1. The van der Waals surface area contributed by atoms with Crippen molar-refractivity contribution in [1.82, 2.24) is 0 Å². The van der Waals surface area contributed by atoms with Crippen molar-refractivity contribution in [2.75, 3.05) is 0 Å². The van der Waals surface area contributed by atoms with Crippen molar-refractivity contribution in [3.05, 3.63) is 64.2 Å². The van der Waals surface area contributed by atoms with Crippen LogP contribution in [-0.2, 0) is 5.41 Å². The Kier molecular flexibility index (Phi) is 5.09. The first kappa shape index (κ1) is 19.5. The van der Waals surface area contributed by atoms with E-state index in [0.29, 0.717) is 5.56 Å². The van der Waals surface area contributed by atoms with Gasteiger partial charge in [-0.15, -0.1) is 6.42 Å². The Hall–Kier alpha value is -2.79. The molecule has 1 N–H and O–H groups in total. The van der Waals surface area contributed by atoms with Gasteiger partial charge in [0.1, 0.15) is 0 Å². The first-order valence-electron chi connectivity index (χ1n) is 10.6. The number of carboxylic acid groups (broad SMARTS) is 1. The molecule has 0 bridgehead atoms. The van der Waals surface area contributed by atoms with E-state index < -0.39 is 5.97 Å². The van der Waals surface area contributed by atoms with Crippen LogP contribution in [0, 0.1) is 12.3 Å². The second kappa shape index (κ2) is 7.56. The summed E-state index contributed by atoms with van der Waals surface area (Å²) in [5.41, 5.74) is 8.52. The van der Waals surface area contributed by atoms with E-state index in [1.165, 1.54) is 55.2 Å². The molecule has 0 saturated heterocycles. The molecule has 0 heterocycles. The molecule has 0 radical (unpaired) electrons. The largest absolute Gasteiger partial charge is 0.478 e. The average molecular weight is 385 g/mol. The summed E-state index contributed by atoms with van der Waals surface area (Å²) in [6.45, 7) is 4.65. The predicted molar refractivity (Wildman–Crippen MR) is 119 cm³/mol. The fourth-order valence-electron chi connectivity index (χ4n) is 5.03. The second-order valence-electron chi connectivity index (χ2n) is 8.96. The monoisotopic (exact) mass is 384 g/mol. The molecule has 2 heteroatoms.